The summed E-state index contributed by atoms with van der Waals surface area (Å²) >= 11 is 0. The van der Waals surface area contributed by atoms with Gasteiger partial charge in [-0.3, -0.25) is 4.79 Å². The van der Waals surface area contributed by atoms with Gasteiger partial charge in [-0.1, -0.05) is 12.1 Å². The highest BCUT2D eigenvalue weighted by molar-refractivity contribution is 5.84. The first kappa shape index (κ1) is 15.0. The van der Waals surface area contributed by atoms with Crippen LogP contribution in [0, 0.1) is 0 Å². The highest BCUT2D eigenvalue weighted by Gasteiger charge is 2.37. The van der Waals surface area contributed by atoms with Crippen molar-refractivity contribution in [2.45, 2.75) is 64.1 Å². The Bertz CT molecular complexity index is 454. The molecule has 1 aromatic carbocycles. The number of ketones is 1. The van der Waals surface area contributed by atoms with E-state index < -0.39 is 5.60 Å². The molecule has 1 aromatic rings. The average molecular weight is 276 g/mol. The summed E-state index contributed by atoms with van der Waals surface area (Å²) in [6.45, 7) is 5.51. The molecule has 1 aliphatic carbocycles. The van der Waals surface area contributed by atoms with Crippen LogP contribution in [0.5, 0.6) is 5.75 Å². The third kappa shape index (κ3) is 3.40. The van der Waals surface area contributed by atoms with Crippen LogP contribution >= 0.6 is 0 Å². The highest BCUT2D eigenvalue weighted by Crippen LogP contribution is 2.38. The molecule has 0 aliphatic heterocycles. The minimum Gasteiger partial charge on any atom is -0.491 e. The van der Waals surface area contributed by atoms with E-state index in [4.69, 9.17) is 4.74 Å². The summed E-state index contributed by atoms with van der Waals surface area (Å²) < 4.78 is 5.64. The Morgan fingerprint density at radius 1 is 1.25 bits per heavy atom. The average Bonchev–Trinajstić information content (AvgIpc) is 2.40. The van der Waals surface area contributed by atoms with Crippen molar-refractivity contribution in [1.82, 2.24) is 0 Å². The largest absolute Gasteiger partial charge is 0.491 e. The molecule has 0 spiro atoms. The summed E-state index contributed by atoms with van der Waals surface area (Å²) in [5.74, 6) is 1.22. The monoisotopic (exact) mass is 276 g/mol. The quantitative estimate of drug-likeness (QED) is 0.916. The number of aliphatic hydroxyl groups is 1. The summed E-state index contributed by atoms with van der Waals surface area (Å²) in [4.78, 5) is 11.4. The predicted molar refractivity (Wildman–Crippen MR) is 79.0 cm³/mol. The fourth-order valence-electron chi connectivity index (χ4n) is 2.87. The Balaban J connectivity index is 1.99. The minimum absolute atomic E-state index is 0.100. The number of hydrogen-bond acceptors (Lipinski definition) is 3. The Morgan fingerprint density at radius 3 is 2.25 bits per heavy atom. The Kier molecular flexibility index (Phi) is 4.48. The summed E-state index contributed by atoms with van der Waals surface area (Å²) in [6.07, 6.45) is 3.04. The highest BCUT2D eigenvalue weighted by atomic mass is 16.5. The molecule has 1 N–H and O–H groups in total. The van der Waals surface area contributed by atoms with E-state index >= 15 is 0 Å². The Morgan fingerprint density at radius 2 is 1.80 bits per heavy atom. The van der Waals surface area contributed by atoms with Gasteiger partial charge in [-0.05, 0) is 70.1 Å². The molecule has 0 aromatic heterocycles. The van der Waals surface area contributed by atoms with Gasteiger partial charge in [0.2, 0.25) is 0 Å². The van der Waals surface area contributed by atoms with E-state index in [1.807, 2.05) is 26.0 Å². The van der Waals surface area contributed by atoms with E-state index in [0.29, 0.717) is 18.8 Å². The third-order valence-electron chi connectivity index (χ3n) is 4.19. The van der Waals surface area contributed by atoms with E-state index in [0.717, 1.165) is 18.6 Å². The molecule has 0 bridgehead atoms. The van der Waals surface area contributed by atoms with Crippen LogP contribution in [0.2, 0.25) is 0 Å². The first-order valence-electron chi connectivity index (χ1n) is 7.41. The fraction of sp³-hybridized carbons (Fsp3) is 0.588. The van der Waals surface area contributed by atoms with Gasteiger partial charge in [-0.15, -0.1) is 0 Å². The maximum Gasteiger partial charge on any atom is 0.161 e. The van der Waals surface area contributed by atoms with E-state index in [1.54, 1.807) is 0 Å². The zero-order valence-electron chi connectivity index (χ0n) is 12.6. The number of hydrogen-bond donors (Lipinski definition) is 1. The smallest absolute Gasteiger partial charge is 0.161 e. The molecule has 0 atom stereocenters. The minimum atomic E-state index is -1.09. The number of rotatable bonds is 4. The molecule has 0 amide bonds. The molecule has 1 saturated carbocycles. The van der Waals surface area contributed by atoms with Gasteiger partial charge in [0.25, 0.3) is 0 Å². The summed E-state index contributed by atoms with van der Waals surface area (Å²) in [5, 5.41) is 10.2. The van der Waals surface area contributed by atoms with E-state index in [9.17, 15) is 9.90 Å². The summed E-state index contributed by atoms with van der Waals surface area (Å²) in [7, 11) is 0. The predicted octanol–water partition coefficient (Wildman–Crippen LogP) is 3.45. The summed E-state index contributed by atoms with van der Waals surface area (Å²) in [6, 6.07) is 8.20. The number of Topliss-reactive ketones (excluding diaryl/α,β-unsaturated/α-hetero) is 1. The van der Waals surface area contributed by atoms with Gasteiger partial charge in [0, 0.05) is 0 Å². The second-order valence-corrected chi connectivity index (χ2v) is 6.10. The number of benzene rings is 1. The van der Waals surface area contributed by atoms with Crippen molar-refractivity contribution in [3.8, 4) is 5.75 Å². The van der Waals surface area contributed by atoms with Crippen molar-refractivity contribution >= 4 is 5.78 Å². The second-order valence-electron chi connectivity index (χ2n) is 6.10. The lowest BCUT2D eigenvalue weighted by atomic mass is 9.74. The maximum atomic E-state index is 11.4. The molecule has 0 heterocycles. The van der Waals surface area contributed by atoms with Gasteiger partial charge >= 0.3 is 0 Å². The van der Waals surface area contributed by atoms with Gasteiger partial charge in [0.15, 0.2) is 5.78 Å². The maximum absolute atomic E-state index is 11.4. The van der Waals surface area contributed by atoms with Crippen LogP contribution in [0.3, 0.4) is 0 Å². The van der Waals surface area contributed by atoms with E-state index in [-0.39, 0.29) is 11.9 Å². The normalized spacial score (nSPS) is 26.6. The van der Waals surface area contributed by atoms with Crippen LogP contribution in [0.1, 0.15) is 57.9 Å². The van der Waals surface area contributed by atoms with Crippen molar-refractivity contribution < 1.29 is 14.6 Å². The van der Waals surface area contributed by atoms with Gasteiger partial charge in [-0.2, -0.15) is 0 Å². The van der Waals surface area contributed by atoms with Crippen molar-refractivity contribution in [3.63, 3.8) is 0 Å². The SMILES string of the molecule is CC(=O)C1(O)CCC(c2ccc(OC(C)C)cc2)CC1. The van der Waals surface area contributed by atoms with Gasteiger partial charge in [0.05, 0.1) is 6.10 Å². The molecule has 110 valence electrons. The first-order valence-corrected chi connectivity index (χ1v) is 7.41. The van der Waals surface area contributed by atoms with Gasteiger partial charge in [0.1, 0.15) is 11.4 Å². The zero-order valence-corrected chi connectivity index (χ0v) is 12.6. The molecular weight excluding hydrogens is 252 g/mol. The molecule has 0 radical (unpaired) electrons. The van der Waals surface area contributed by atoms with Gasteiger partial charge in [-0.25, -0.2) is 0 Å². The Hall–Kier alpha value is -1.35. The van der Waals surface area contributed by atoms with Crippen LogP contribution in [-0.4, -0.2) is 22.6 Å². The van der Waals surface area contributed by atoms with Crippen molar-refractivity contribution in [2.24, 2.45) is 0 Å². The second kappa shape index (κ2) is 5.96. The molecular formula is C17H24O3. The first-order chi connectivity index (χ1) is 9.40. The standard InChI is InChI=1S/C17H24O3/c1-12(2)20-16-6-4-14(5-7-16)15-8-10-17(19,11-9-15)13(3)18/h4-7,12,15,19H,8-11H2,1-3H3. The lowest BCUT2D eigenvalue weighted by molar-refractivity contribution is -0.138. The molecule has 2 rings (SSSR count). The third-order valence-corrected chi connectivity index (χ3v) is 4.19. The molecule has 20 heavy (non-hydrogen) atoms. The van der Waals surface area contributed by atoms with Gasteiger partial charge < -0.3 is 9.84 Å². The Labute approximate surface area is 121 Å². The molecule has 1 fully saturated rings. The topological polar surface area (TPSA) is 46.5 Å². The van der Waals surface area contributed by atoms with Crippen LogP contribution in [0.4, 0.5) is 0 Å². The number of ether oxygens (including phenoxy) is 1. The number of carbonyl (C=O) groups is 1. The van der Waals surface area contributed by atoms with Crippen molar-refractivity contribution in [1.29, 1.82) is 0 Å². The van der Waals surface area contributed by atoms with Crippen LogP contribution in [0.15, 0.2) is 24.3 Å². The van der Waals surface area contributed by atoms with Crippen LogP contribution in [0.25, 0.3) is 0 Å². The zero-order chi connectivity index (χ0) is 14.8. The molecule has 3 nitrogen and oxygen atoms in total. The summed E-state index contributed by atoms with van der Waals surface area (Å²) in [5.41, 5.74) is 0.184. The lowest BCUT2D eigenvalue weighted by Crippen LogP contribution is -2.40. The van der Waals surface area contributed by atoms with Crippen molar-refractivity contribution in [2.75, 3.05) is 0 Å². The lowest BCUT2D eigenvalue weighted by Gasteiger charge is -2.34. The van der Waals surface area contributed by atoms with E-state index in [1.165, 1.54) is 12.5 Å². The molecule has 3 heteroatoms. The van der Waals surface area contributed by atoms with E-state index in [2.05, 4.69) is 12.1 Å². The molecule has 1 aliphatic rings. The van der Waals surface area contributed by atoms with Crippen molar-refractivity contribution in [3.05, 3.63) is 29.8 Å². The molecule has 0 unspecified atom stereocenters. The molecule has 0 saturated heterocycles. The van der Waals surface area contributed by atoms with Crippen LogP contribution < -0.4 is 4.74 Å². The van der Waals surface area contributed by atoms with Crippen LogP contribution in [-0.2, 0) is 4.79 Å². The fourth-order valence-corrected chi connectivity index (χ4v) is 2.87. The number of carbonyl (C=O) groups excluding carboxylic acids is 1.